The molecule has 128 valence electrons. The lowest BCUT2D eigenvalue weighted by molar-refractivity contribution is 0.312. The topological polar surface area (TPSA) is 60.9 Å². The second-order valence-electron chi connectivity index (χ2n) is 6.19. The Morgan fingerprint density at radius 1 is 1.04 bits per heavy atom. The molecule has 25 heavy (non-hydrogen) atoms. The van der Waals surface area contributed by atoms with Crippen molar-refractivity contribution in [2.45, 2.75) is 0 Å². The van der Waals surface area contributed by atoms with Gasteiger partial charge in [-0.1, -0.05) is 0 Å². The van der Waals surface area contributed by atoms with Crippen LogP contribution < -0.4 is 4.90 Å². The van der Waals surface area contributed by atoms with Crippen molar-refractivity contribution in [3.05, 3.63) is 48.7 Å². The first-order chi connectivity index (χ1) is 12.2. The molecule has 1 saturated heterocycles. The molecule has 6 nitrogen and oxygen atoms in total. The number of aromatic amines is 1. The van der Waals surface area contributed by atoms with Gasteiger partial charge in [-0.3, -0.25) is 5.10 Å². The molecule has 0 atom stereocenters. The highest BCUT2D eigenvalue weighted by Crippen LogP contribution is 2.37. The molecule has 1 N–H and O–H groups in total. The van der Waals surface area contributed by atoms with Crippen LogP contribution in [0.5, 0.6) is 0 Å². The van der Waals surface area contributed by atoms with E-state index in [1.165, 1.54) is 18.5 Å². The first-order valence-electron chi connectivity index (χ1n) is 8.26. The van der Waals surface area contributed by atoms with Crippen molar-refractivity contribution < 1.29 is 4.39 Å². The molecule has 2 aromatic heterocycles. The van der Waals surface area contributed by atoms with Gasteiger partial charge in [0.05, 0.1) is 11.3 Å². The molecule has 1 aromatic carbocycles. The highest BCUT2D eigenvalue weighted by molar-refractivity contribution is 5.87. The molecule has 1 aliphatic rings. The smallest absolute Gasteiger partial charge is 0.134 e. The molecule has 1 aliphatic heterocycles. The molecular weight excluding hydrogens is 319 g/mol. The van der Waals surface area contributed by atoms with Crippen LogP contribution in [0.4, 0.5) is 10.2 Å². The average Bonchev–Trinajstić information content (AvgIpc) is 3.09. The van der Waals surface area contributed by atoms with Crippen molar-refractivity contribution in [3.63, 3.8) is 0 Å². The summed E-state index contributed by atoms with van der Waals surface area (Å²) in [6, 6.07) is 8.25. The molecule has 0 bridgehead atoms. The van der Waals surface area contributed by atoms with E-state index in [4.69, 9.17) is 0 Å². The monoisotopic (exact) mass is 338 g/mol. The van der Waals surface area contributed by atoms with E-state index in [9.17, 15) is 4.39 Å². The zero-order valence-electron chi connectivity index (χ0n) is 14.0. The number of hydrogen-bond acceptors (Lipinski definition) is 5. The van der Waals surface area contributed by atoms with Gasteiger partial charge in [-0.25, -0.2) is 14.4 Å². The lowest BCUT2D eigenvalue weighted by Crippen LogP contribution is -2.44. The summed E-state index contributed by atoms with van der Waals surface area (Å²) >= 11 is 0. The molecule has 0 amide bonds. The minimum absolute atomic E-state index is 0.262. The summed E-state index contributed by atoms with van der Waals surface area (Å²) < 4.78 is 13.3. The second-order valence-corrected chi connectivity index (χ2v) is 6.19. The molecule has 7 heteroatoms. The van der Waals surface area contributed by atoms with Crippen molar-refractivity contribution in [3.8, 4) is 22.5 Å². The van der Waals surface area contributed by atoms with Crippen LogP contribution in [0, 0.1) is 5.82 Å². The second kappa shape index (κ2) is 6.60. The number of nitrogens with one attached hydrogen (secondary N) is 1. The number of likely N-dealkylation sites (N-methyl/N-ethyl adjacent to an activating group) is 1. The van der Waals surface area contributed by atoms with Gasteiger partial charge in [0.1, 0.15) is 23.7 Å². The fourth-order valence-electron chi connectivity index (χ4n) is 3.09. The lowest BCUT2D eigenvalue weighted by atomic mass is 10.0. The predicted octanol–water partition coefficient (Wildman–Crippen LogP) is 2.42. The van der Waals surface area contributed by atoms with Gasteiger partial charge in [0, 0.05) is 37.9 Å². The van der Waals surface area contributed by atoms with Crippen LogP contribution in [0.15, 0.2) is 42.9 Å². The highest BCUT2D eigenvalue weighted by Gasteiger charge is 2.24. The molecule has 1 fully saturated rings. The number of aromatic nitrogens is 4. The first kappa shape index (κ1) is 15.7. The van der Waals surface area contributed by atoms with E-state index in [-0.39, 0.29) is 5.82 Å². The van der Waals surface area contributed by atoms with E-state index in [2.05, 4.69) is 37.0 Å². The van der Waals surface area contributed by atoms with Gasteiger partial charge >= 0.3 is 0 Å². The SMILES string of the molecule is CN1CCN(c2[nH]nc(-c3ccc(F)cc3)c2-c2ccncn2)CC1. The van der Waals surface area contributed by atoms with Crippen LogP contribution in [0.2, 0.25) is 0 Å². The Bertz CT molecular complexity index is 838. The number of H-pyrrole nitrogens is 1. The predicted molar refractivity (Wildman–Crippen MR) is 94.7 cm³/mol. The molecule has 0 saturated carbocycles. The molecule has 0 unspecified atom stereocenters. The average molecular weight is 338 g/mol. The first-order valence-corrected chi connectivity index (χ1v) is 8.26. The number of nitrogens with zero attached hydrogens (tertiary/aromatic N) is 5. The lowest BCUT2D eigenvalue weighted by Gasteiger charge is -2.33. The van der Waals surface area contributed by atoms with Crippen LogP contribution >= 0.6 is 0 Å². The molecule has 3 heterocycles. The summed E-state index contributed by atoms with van der Waals surface area (Å²) in [5.41, 5.74) is 3.36. The van der Waals surface area contributed by atoms with Gasteiger partial charge in [-0.15, -0.1) is 0 Å². The van der Waals surface area contributed by atoms with Gasteiger partial charge < -0.3 is 9.80 Å². The Balaban J connectivity index is 1.81. The number of piperazine rings is 1. The maximum absolute atomic E-state index is 13.3. The molecule has 0 spiro atoms. The summed E-state index contributed by atoms with van der Waals surface area (Å²) in [5, 5.41) is 7.70. The van der Waals surface area contributed by atoms with Gasteiger partial charge in [0.15, 0.2) is 0 Å². The van der Waals surface area contributed by atoms with E-state index in [1.807, 2.05) is 6.07 Å². The Kier molecular flexibility index (Phi) is 4.15. The molecule has 0 radical (unpaired) electrons. The van der Waals surface area contributed by atoms with Crippen molar-refractivity contribution in [2.75, 3.05) is 38.1 Å². The van der Waals surface area contributed by atoms with Gasteiger partial charge in [-0.05, 0) is 37.4 Å². The van der Waals surface area contributed by atoms with Crippen LogP contribution in [0.25, 0.3) is 22.5 Å². The zero-order valence-corrected chi connectivity index (χ0v) is 14.0. The standard InChI is InChI=1S/C18H19FN6/c1-24-8-10-25(11-9-24)18-16(15-6-7-20-12-21-15)17(22-23-18)13-2-4-14(19)5-3-13/h2-7,12H,8-11H2,1H3,(H,22,23). The number of rotatable bonds is 3. The number of hydrogen-bond donors (Lipinski definition) is 1. The Morgan fingerprint density at radius 2 is 1.80 bits per heavy atom. The third-order valence-corrected chi connectivity index (χ3v) is 4.52. The molecule has 3 aromatic rings. The summed E-state index contributed by atoms with van der Waals surface area (Å²) in [6.07, 6.45) is 3.25. The molecule has 0 aliphatic carbocycles. The minimum Gasteiger partial charge on any atom is -0.354 e. The third-order valence-electron chi connectivity index (χ3n) is 4.52. The minimum atomic E-state index is -0.262. The number of anilines is 1. The fraction of sp³-hybridized carbons (Fsp3) is 0.278. The Labute approximate surface area is 145 Å². The molecular formula is C18H19FN6. The normalized spacial score (nSPS) is 15.5. The van der Waals surface area contributed by atoms with Gasteiger partial charge in [-0.2, -0.15) is 5.10 Å². The van der Waals surface area contributed by atoms with Crippen LogP contribution in [0.3, 0.4) is 0 Å². The summed E-state index contributed by atoms with van der Waals surface area (Å²) in [7, 11) is 2.12. The Hall–Kier alpha value is -2.80. The summed E-state index contributed by atoms with van der Waals surface area (Å²) in [5.74, 6) is 0.688. The summed E-state index contributed by atoms with van der Waals surface area (Å²) in [6.45, 7) is 3.82. The maximum Gasteiger partial charge on any atom is 0.134 e. The van der Waals surface area contributed by atoms with Gasteiger partial charge in [0.25, 0.3) is 0 Å². The van der Waals surface area contributed by atoms with E-state index in [0.29, 0.717) is 0 Å². The van der Waals surface area contributed by atoms with E-state index >= 15 is 0 Å². The third kappa shape index (κ3) is 3.10. The van der Waals surface area contributed by atoms with E-state index in [0.717, 1.165) is 54.5 Å². The van der Waals surface area contributed by atoms with Crippen LogP contribution in [-0.4, -0.2) is 58.3 Å². The largest absolute Gasteiger partial charge is 0.354 e. The highest BCUT2D eigenvalue weighted by atomic mass is 19.1. The van der Waals surface area contributed by atoms with Crippen molar-refractivity contribution >= 4 is 5.82 Å². The Morgan fingerprint density at radius 3 is 2.48 bits per heavy atom. The van der Waals surface area contributed by atoms with Crippen molar-refractivity contribution in [1.29, 1.82) is 0 Å². The number of halogens is 1. The summed E-state index contributed by atoms with van der Waals surface area (Å²) in [4.78, 5) is 13.0. The van der Waals surface area contributed by atoms with E-state index < -0.39 is 0 Å². The quantitative estimate of drug-likeness (QED) is 0.795. The zero-order chi connectivity index (χ0) is 17.2. The fourth-order valence-corrected chi connectivity index (χ4v) is 3.09. The van der Waals surface area contributed by atoms with Crippen molar-refractivity contribution in [2.24, 2.45) is 0 Å². The van der Waals surface area contributed by atoms with E-state index in [1.54, 1.807) is 18.3 Å². The van der Waals surface area contributed by atoms with Gasteiger partial charge in [0.2, 0.25) is 0 Å². The number of benzene rings is 1. The maximum atomic E-state index is 13.3. The van der Waals surface area contributed by atoms with Crippen molar-refractivity contribution in [1.82, 2.24) is 25.1 Å². The molecule has 4 rings (SSSR count). The van der Waals surface area contributed by atoms with Crippen LogP contribution in [0.1, 0.15) is 0 Å². The van der Waals surface area contributed by atoms with Crippen LogP contribution in [-0.2, 0) is 0 Å².